The number of nitrogen functional groups attached to an aromatic ring is 5. The highest BCUT2D eigenvalue weighted by Gasteiger charge is 2.33. The van der Waals surface area contributed by atoms with Gasteiger partial charge in [-0.2, -0.15) is 8.78 Å². The van der Waals surface area contributed by atoms with Crippen LogP contribution in [0.3, 0.4) is 0 Å². The van der Waals surface area contributed by atoms with Gasteiger partial charge in [0, 0.05) is 113 Å². The molecule has 0 atom stereocenters. The van der Waals surface area contributed by atoms with Gasteiger partial charge < -0.3 is 65.1 Å². The highest BCUT2D eigenvalue weighted by atomic mass is 35.5. The van der Waals surface area contributed by atoms with E-state index in [1.165, 1.54) is 55.5 Å². The molecular formula is C94H75ClF8N36O6. The Hall–Kier alpha value is -19.3. The number of nitrogens with one attached hydrogen (secondary N) is 5. The van der Waals surface area contributed by atoms with E-state index in [4.69, 9.17) is 40.3 Å². The quantitative estimate of drug-likeness (QED) is 0.0317. The molecule has 6 amide bonds. The van der Waals surface area contributed by atoms with E-state index in [1.807, 2.05) is 25.1 Å². The van der Waals surface area contributed by atoms with Crippen LogP contribution in [0.5, 0.6) is 0 Å². The van der Waals surface area contributed by atoms with E-state index < -0.39 is 76.3 Å². The van der Waals surface area contributed by atoms with Gasteiger partial charge in [0.15, 0.2) is 92.2 Å². The molecular weight excluding hydrogens is 1920 g/mol. The van der Waals surface area contributed by atoms with Gasteiger partial charge in [-0.3, -0.25) is 58.7 Å². The lowest BCUT2D eigenvalue weighted by Gasteiger charge is -2.34. The maximum absolute atomic E-state index is 15.0. The number of aryl methyl sites for hydroxylation is 2. The number of amides is 6. The summed E-state index contributed by atoms with van der Waals surface area (Å²) >= 11 is 6.16. The summed E-state index contributed by atoms with van der Waals surface area (Å²) < 4.78 is 115. The number of hydrogen-bond donors (Lipinski definition) is 10. The number of likely N-dealkylation sites (tertiary alicyclic amines) is 1. The number of halogens is 9. The van der Waals surface area contributed by atoms with Crippen LogP contribution in [-0.4, -0.2) is 196 Å². The second kappa shape index (κ2) is 42.2. The first kappa shape index (κ1) is 97.3. The second-order valence-corrected chi connectivity index (χ2v) is 32.3. The molecule has 0 radical (unpaired) electrons. The number of carbonyl (C=O) groups is 6. The predicted octanol–water partition coefficient (Wildman–Crippen LogP) is 12.4. The molecule has 1 fully saturated rings. The number of hydrogen-bond acceptors (Lipinski definition) is 31. The minimum atomic E-state index is -0.688. The van der Waals surface area contributed by atoms with Gasteiger partial charge in [0.1, 0.15) is 33.0 Å². The second-order valence-electron chi connectivity index (χ2n) is 32.0. The fourth-order valence-electron chi connectivity index (χ4n) is 15.8. The SMILES string of the molecule is CN1CCC(C(=O)N2CC=C(c3c(F)cncc3NC(=O)c3c(N)nn4cc(F)cnc34)CC2)CC1.Cc1cccnc1-c1ccncc1NC(=O)c1c(N)nn2cc(F)cnc12.Cc1nc(F)ccc1-c1ccncc1NC(=O)c1c(N)nn2cc(F)cnc12.Nc1nn2cc(F)cnc2c1C(=O)Nc1cnccc1-c1cccnc1Cl.Nc1nn2cc(F)cnc2c1C(=O)Nc1cnccc1-c1cccnc1F. The van der Waals surface area contributed by atoms with E-state index in [9.17, 15) is 63.9 Å². The molecule has 0 aromatic carbocycles. The summed E-state index contributed by atoms with van der Waals surface area (Å²) in [5, 5.41) is 33.3. The van der Waals surface area contributed by atoms with Crippen molar-refractivity contribution < 1.29 is 63.9 Å². The van der Waals surface area contributed by atoms with Gasteiger partial charge in [-0.05, 0) is 131 Å². The normalized spacial score (nSPS) is 12.5. The van der Waals surface area contributed by atoms with Crippen LogP contribution in [0.25, 0.3) is 78.4 Å². The minimum Gasteiger partial charge on any atom is -0.381 e. The molecule has 1 saturated heterocycles. The van der Waals surface area contributed by atoms with Crippen LogP contribution < -0.4 is 55.3 Å². The van der Waals surface area contributed by atoms with Crippen LogP contribution in [0.15, 0.2) is 221 Å². The molecule has 19 aromatic heterocycles. The first-order chi connectivity index (χ1) is 69.9. The first-order valence-electron chi connectivity index (χ1n) is 43.3. The number of aromatic nitrogens is 24. The Morgan fingerprint density at radius 1 is 0.379 bits per heavy atom. The first-order valence-corrected chi connectivity index (χ1v) is 43.6. The average Bonchev–Trinajstić information content (AvgIpc) is 1.65. The maximum atomic E-state index is 15.0. The van der Waals surface area contributed by atoms with E-state index in [2.05, 4.69) is 134 Å². The van der Waals surface area contributed by atoms with Crippen molar-refractivity contribution in [1.82, 2.24) is 128 Å². The number of fused-ring (bicyclic) bond motifs is 5. The lowest BCUT2D eigenvalue weighted by molar-refractivity contribution is -0.136. The molecule has 0 aliphatic carbocycles. The Labute approximate surface area is 816 Å². The van der Waals surface area contributed by atoms with Gasteiger partial charge in [0.05, 0.1) is 133 Å². The third kappa shape index (κ3) is 21.2. The topological polar surface area (TPSA) is 566 Å². The minimum absolute atomic E-state index is 0.00348. The van der Waals surface area contributed by atoms with Crippen molar-refractivity contribution in [2.45, 2.75) is 33.1 Å². The van der Waals surface area contributed by atoms with E-state index in [0.717, 1.165) is 128 Å². The van der Waals surface area contributed by atoms with Gasteiger partial charge in [0.2, 0.25) is 17.8 Å². The number of pyridine rings is 9. The fourth-order valence-corrected chi connectivity index (χ4v) is 16.0. The summed E-state index contributed by atoms with van der Waals surface area (Å²) in [7, 11) is 2.05. The zero-order valence-corrected chi connectivity index (χ0v) is 76.4. The molecule has 21 rings (SSSR count). The number of carbonyl (C=O) groups excluding carboxylic acids is 6. The molecule has 0 unspecified atom stereocenters. The third-order valence-electron chi connectivity index (χ3n) is 22.5. The molecule has 145 heavy (non-hydrogen) atoms. The van der Waals surface area contributed by atoms with E-state index in [0.29, 0.717) is 81.2 Å². The predicted molar refractivity (Wildman–Crippen MR) is 514 cm³/mol. The lowest BCUT2D eigenvalue weighted by Crippen LogP contribution is -2.43. The Morgan fingerprint density at radius 2 is 0.745 bits per heavy atom. The van der Waals surface area contributed by atoms with E-state index >= 15 is 0 Å². The van der Waals surface area contributed by atoms with Crippen LogP contribution in [0.1, 0.15) is 87.9 Å². The summed E-state index contributed by atoms with van der Waals surface area (Å²) in [6.07, 6.45) is 33.2. The van der Waals surface area contributed by atoms with Crippen molar-refractivity contribution in [1.29, 1.82) is 0 Å². The van der Waals surface area contributed by atoms with Crippen molar-refractivity contribution >= 4 is 138 Å². The Bertz CT molecular complexity index is 7890. The number of rotatable bonds is 16. The number of anilines is 10. The van der Waals surface area contributed by atoms with Gasteiger partial charge in [-0.1, -0.05) is 23.7 Å². The number of nitrogens with two attached hydrogens (primary N) is 5. The van der Waals surface area contributed by atoms with Crippen LogP contribution in [-0.2, 0) is 4.79 Å². The highest BCUT2D eigenvalue weighted by molar-refractivity contribution is 6.32. The van der Waals surface area contributed by atoms with Crippen LogP contribution in [0.4, 0.5) is 92.6 Å². The van der Waals surface area contributed by atoms with Crippen LogP contribution in [0.2, 0.25) is 5.15 Å². The zero-order valence-electron chi connectivity index (χ0n) is 75.7. The number of piperidine rings is 1. The van der Waals surface area contributed by atoms with Crippen molar-refractivity contribution in [3.05, 3.63) is 318 Å². The standard InChI is InChI=1S/C24H26F2N8O2.C18H13F2N7O.C18H14FN7O.C17H11ClFN7O.C17H11F2N7O/c1-32-6-2-15(3-7-32)24(36)33-8-4-14(5-9-33)19-17(26)11-28-12-18(19)30-23(35)20-21(27)31-34-13-16(25)10-29-22(20)34;1-9-11(2-3-14(20)24-9)12-4-5-22-7-13(12)25-18(28)15-16(21)26-27-8-10(19)6-23-17(15)27;1-10-3-2-5-22-15(10)12-4-6-21-8-13(12)24-18(27)14-16(20)25-26-9-11(19)7-23-17(14)26;18-14-11(2-1-4-22-14)10-3-5-21-7-12(10)24-17(27)13-15(20)25-26-8-9(19)6-23-16(13)26;18-9-6-23-16-13(15(20)25-26(16)8-9)17(27)24-12-7-21-5-3-10(12)11-2-1-4-22-14(11)19/h4,10-13,15H,2-3,5-9H2,1H3,(H2,27,31)(H,30,35);2-8H,1H3,(H2,21,26)(H,25,28);2-9H,1H3,(H2,20,25)(H,24,27);2*1-8H,(H2,20,25)(H,24,27). The average molecular weight is 1990 g/mol. The fraction of sp³-hybridized carbons (Fsp3) is 0.117. The molecule has 730 valence electrons. The van der Waals surface area contributed by atoms with Gasteiger partial charge in [-0.15, -0.1) is 25.5 Å². The van der Waals surface area contributed by atoms with E-state index in [-0.39, 0.29) is 125 Å². The Balaban J connectivity index is 0.000000125. The van der Waals surface area contributed by atoms with Gasteiger partial charge in [0.25, 0.3) is 29.5 Å². The molecule has 0 spiro atoms. The smallest absolute Gasteiger partial charge is 0.263 e. The molecule has 21 heterocycles. The summed E-state index contributed by atoms with van der Waals surface area (Å²) in [6, 6.07) is 19.8. The third-order valence-corrected chi connectivity index (χ3v) is 22.8. The van der Waals surface area contributed by atoms with Crippen molar-refractivity contribution in [2.24, 2.45) is 5.92 Å². The highest BCUT2D eigenvalue weighted by Crippen LogP contribution is 2.38. The summed E-state index contributed by atoms with van der Waals surface area (Å²) in [6.45, 7) is 6.22. The van der Waals surface area contributed by atoms with E-state index in [1.54, 1.807) is 91.3 Å². The molecule has 51 heteroatoms. The van der Waals surface area contributed by atoms with Crippen molar-refractivity contribution in [3.8, 4) is 44.6 Å². The van der Waals surface area contributed by atoms with Crippen molar-refractivity contribution in [3.63, 3.8) is 0 Å². The lowest BCUT2D eigenvalue weighted by atomic mass is 9.93. The summed E-state index contributed by atoms with van der Waals surface area (Å²) in [5.41, 5.74) is 38.2. The Morgan fingerprint density at radius 3 is 1.14 bits per heavy atom. The van der Waals surface area contributed by atoms with Gasteiger partial charge in [-0.25, -0.2) is 88.8 Å². The zero-order chi connectivity index (χ0) is 102. The van der Waals surface area contributed by atoms with Crippen LogP contribution in [0, 0.1) is 66.6 Å². The largest absolute Gasteiger partial charge is 0.381 e. The maximum Gasteiger partial charge on any atom is 0.263 e. The Kier molecular flexibility index (Phi) is 28.3. The molecule has 19 aromatic rings. The molecule has 2 aliphatic rings. The van der Waals surface area contributed by atoms with Crippen LogP contribution >= 0.6 is 11.6 Å². The van der Waals surface area contributed by atoms with Gasteiger partial charge >= 0.3 is 0 Å². The summed E-state index contributed by atoms with van der Waals surface area (Å²) in [4.78, 5) is 137. The molecule has 15 N–H and O–H groups in total. The molecule has 42 nitrogen and oxygen atoms in total. The molecule has 0 bridgehead atoms. The molecule has 0 saturated carbocycles. The molecule has 2 aliphatic heterocycles. The monoisotopic (exact) mass is 1990 g/mol. The summed E-state index contributed by atoms with van der Waals surface area (Å²) in [5.74, 6) is -8.27. The van der Waals surface area contributed by atoms with Crippen molar-refractivity contribution in [2.75, 3.05) is 88.5 Å². The number of nitrogens with zero attached hydrogens (tertiary/aromatic N) is 26.